The second-order valence-corrected chi connectivity index (χ2v) is 19.4. The minimum Gasteiger partial charge on any atom is -0.459 e. The molecule has 18 unspecified atom stereocenters. The van der Waals surface area contributed by atoms with Crippen molar-refractivity contribution in [2.45, 2.75) is 191 Å². The van der Waals surface area contributed by atoms with Crippen molar-refractivity contribution in [1.29, 1.82) is 0 Å². The van der Waals surface area contributed by atoms with Crippen LogP contribution in [-0.2, 0) is 54.0 Å². The van der Waals surface area contributed by atoms with Crippen molar-refractivity contribution in [3.8, 4) is 0 Å². The molecule has 354 valence electrons. The number of hydrogen-bond donors (Lipinski definition) is 4. The second kappa shape index (κ2) is 20.4. The summed E-state index contributed by atoms with van der Waals surface area (Å²) in [6.45, 7) is 18.7. The number of nitrogens with zero attached hydrogens (tertiary/aromatic N) is 1. The van der Waals surface area contributed by atoms with E-state index in [-0.39, 0.29) is 43.9 Å². The van der Waals surface area contributed by atoms with E-state index in [0.717, 1.165) is 5.56 Å². The summed E-state index contributed by atoms with van der Waals surface area (Å²) in [7, 11) is 5.39. The summed E-state index contributed by atoms with van der Waals surface area (Å²) in [5.74, 6) is -2.73. The van der Waals surface area contributed by atoms with Gasteiger partial charge in [-0.1, -0.05) is 51.1 Å². The van der Waals surface area contributed by atoms with Crippen LogP contribution in [0.3, 0.4) is 0 Å². The molecule has 0 bridgehead atoms. The van der Waals surface area contributed by atoms with Crippen molar-refractivity contribution in [2.75, 3.05) is 34.4 Å². The number of ether oxygens (including phenoxy) is 9. The highest BCUT2D eigenvalue weighted by Gasteiger charge is 2.67. The molecular weight excluding hydrogens is 805 g/mol. The maximum absolute atomic E-state index is 14.5. The summed E-state index contributed by atoms with van der Waals surface area (Å²) in [6, 6.07) is 8.29. The molecule has 62 heavy (non-hydrogen) atoms. The Kier molecular flexibility index (Phi) is 16.6. The van der Waals surface area contributed by atoms with Crippen molar-refractivity contribution in [1.82, 2.24) is 10.2 Å². The van der Waals surface area contributed by atoms with Gasteiger partial charge in [-0.25, -0.2) is 4.79 Å². The van der Waals surface area contributed by atoms with E-state index in [1.54, 1.807) is 34.8 Å². The summed E-state index contributed by atoms with van der Waals surface area (Å²) >= 11 is 0. The largest absolute Gasteiger partial charge is 0.509 e. The number of nitrogens with one attached hydrogen (secondary N) is 1. The Morgan fingerprint density at radius 1 is 0.968 bits per heavy atom. The van der Waals surface area contributed by atoms with Crippen LogP contribution < -0.4 is 5.32 Å². The number of carbonyl (C=O) groups is 2. The number of aliphatic hydroxyl groups is 3. The van der Waals surface area contributed by atoms with Crippen LogP contribution >= 0.6 is 0 Å². The Balaban J connectivity index is 1.56. The molecule has 4 aliphatic heterocycles. The molecule has 16 nitrogen and oxygen atoms in total. The fourth-order valence-electron chi connectivity index (χ4n) is 10.0. The fourth-order valence-corrected chi connectivity index (χ4v) is 10.0. The number of esters is 1. The smallest absolute Gasteiger partial charge is 0.459 e. The van der Waals surface area contributed by atoms with E-state index in [2.05, 4.69) is 5.32 Å². The lowest BCUT2D eigenvalue weighted by atomic mass is 9.77. The normalized spacial score (nSPS) is 44.8. The third-order valence-corrected chi connectivity index (χ3v) is 14.0. The molecule has 0 amide bonds. The number of epoxide rings is 1. The summed E-state index contributed by atoms with van der Waals surface area (Å²) in [6.07, 6.45) is -8.18. The molecule has 16 heteroatoms. The lowest BCUT2D eigenvalue weighted by Crippen LogP contribution is -2.62. The minimum absolute atomic E-state index is 0.00368. The molecule has 1 spiro atoms. The molecule has 0 radical (unpaired) electrons. The van der Waals surface area contributed by atoms with Gasteiger partial charge in [0.25, 0.3) is 0 Å². The third-order valence-electron chi connectivity index (χ3n) is 14.0. The molecule has 0 saturated carbocycles. The standard InChI is InChI=1S/C46H76N2O14/c1-14-34-45(10,53)38(49)30(6)47-23-26(2)21-43(8,52)39(28(4)36(29(5)40(50)59-34)60-35-22-44(9,54-13)46(25-56-46)31(7)58-35)62-41-37(33(48(11)12)20-27(3)57-41)61-42(51)55-24-32-18-16-15-17-19-32/h15-19,26-31,33-39,41,47,49,52-53H,14,20-25H2,1-13H3. The van der Waals surface area contributed by atoms with Gasteiger partial charge in [0.05, 0.1) is 48.6 Å². The van der Waals surface area contributed by atoms with E-state index in [4.69, 9.17) is 42.6 Å². The van der Waals surface area contributed by atoms with Crippen molar-refractivity contribution in [2.24, 2.45) is 17.8 Å². The molecule has 4 N–H and O–H groups in total. The van der Waals surface area contributed by atoms with Gasteiger partial charge in [0.2, 0.25) is 0 Å². The van der Waals surface area contributed by atoms with E-state index in [9.17, 15) is 24.9 Å². The molecule has 5 rings (SSSR count). The van der Waals surface area contributed by atoms with Crippen LogP contribution in [0.2, 0.25) is 0 Å². The molecule has 4 aliphatic rings. The molecular formula is C46H76N2O14. The zero-order chi connectivity index (χ0) is 45.9. The predicted octanol–water partition coefficient (Wildman–Crippen LogP) is 4.33. The van der Waals surface area contributed by atoms with Crippen molar-refractivity contribution < 1.29 is 67.5 Å². The molecule has 0 aliphatic carbocycles. The lowest BCUT2D eigenvalue weighted by Gasteiger charge is -2.49. The topological polar surface area (TPSA) is 196 Å². The van der Waals surface area contributed by atoms with E-state index in [1.807, 2.05) is 83.9 Å². The van der Waals surface area contributed by atoms with Crippen molar-refractivity contribution >= 4 is 12.1 Å². The number of methoxy groups -OCH3 is 1. The van der Waals surface area contributed by atoms with Crippen molar-refractivity contribution in [3.63, 3.8) is 0 Å². The highest BCUT2D eigenvalue weighted by Crippen LogP contribution is 2.51. The van der Waals surface area contributed by atoms with Gasteiger partial charge >= 0.3 is 12.1 Å². The second-order valence-electron chi connectivity index (χ2n) is 19.4. The summed E-state index contributed by atoms with van der Waals surface area (Å²) < 4.78 is 56.6. The quantitative estimate of drug-likeness (QED) is 0.191. The molecule has 4 heterocycles. The third kappa shape index (κ3) is 11.1. The summed E-state index contributed by atoms with van der Waals surface area (Å²) in [5.41, 5.74) is -4.12. The zero-order valence-electron chi connectivity index (χ0n) is 39.2. The van der Waals surface area contributed by atoms with Crippen LogP contribution in [0.5, 0.6) is 0 Å². The number of rotatable bonds is 10. The first-order valence-electron chi connectivity index (χ1n) is 22.4. The van der Waals surface area contributed by atoms with E-state index in [1.165, 1.54) is 6.92 Å². The van der Waals surface area contributed by atoms with Crippen LogP contribution in [0.15, 0.2) is 30.3 Å². The maximum atomic E-state index is 14.5. The van der Waals surface area contributed by atoms with Gasteiger partial charge in [-0.2, -0.15) is 0 Å². The number of hydrogen-bond acceptors (Lipinski definition) is 16. The number of likely N-dealkylation sites (N-methyl/N-ethyl adjacent to an activating group) is 1. The first kappa shape index (κ1) is 50.5. The van der Waals surface area contributed by atoms with Gasteiger partial charge in [-0.3, -0.25) is 4.79 Å². The van der Waals surface area contributed by atoms with Gasteiger partial charge in [-0.15, -0.1) is 0 Å². The van der Waals surface area contributed by atoms with Crippen LogP contribution in [0.4, 0.5) is 4.79 Å². The molecule has 1 aromatic rings. The first-order valence-corrected chi connectivity index (χ1v) is 22.4. The number of aliphatic hydroxyl groups excluding tert-OH is 1. The van der Waals surface area contributed by atoms with Crippen LogP contribution in [0.25, 0.3) is 0 Å². The number of carbonyl (C=O) groups excluding carboxylic acids is 2. The zero-order valence-corrected chi connectivity index (χ0v) is 39.2. The highest BCUT2D eigenvalue weighted by molar-refractivity contribution is 5.73. The molecule has 18 atom stereocenters. The van der Waals surface area contributed by atoms with Crippen LogP contribution in [0, 0.1) is 17.8 Å². The monoisotopic (exact) mass is 881 g/mol. The Morgan fingerprint density at radius 3 is 2.23 bits per heavy atom. The molecule has 4 fully saturated rings. The van der Waals surface area contributed by atoms with Crippen LogP contribution in [0.1, 0.15) is 100 Å². The maximum Gasteiger partial charge on any atom is 0.509 e. The highest BCUT2D eigenvalue weighted by atomic mass is 16.8. The summed E-state index contributed by atoms with van der Waals surface area (Å²) in [4.78, 5) is 29.8. The average molecular weight is 881 g/mol. The van der Waals surface area contributed by atoms with E-state index >= 15 is 0 Å². The van der Waals surface area contributed by atoms with Gasteiger partial charge < -0.3 is 68.2 Å². The molecule has 4 saturated heterocycles. The average Bonchev–Trinajstić information content (AvgIpc) is 4.04. The SMILES string of the molecule is CCC1OC(=O)C(C)C(OC2CC(C)(OC)C3(CO3)C(C)O2)C(C)C(OC2OC(C)CC(N(C)C)C2OC(=O)OCc2ccccc2)C(C)(O)CC(C)CNC(C)C(O)C1(C)O. The van der Waals surface area contributed by atoms with Gasteiger partial charge in [-0.05, 0) is 99.9 Å². The van der Waals surface area contributed by atoms with E-state index in [0.29, 0.717) is 19.6 Å². The Labute approximate surface area is 368 Å². The lowest BCUT2D eigenvalue weighted by molar-refractivity contribution is -0.315. The van der Waals surface area contributed by atoms with Crippen LogP contribution in [-0.4, -0.2) is 156 Å². The minimum atomic E-state index is -1.82. The summed E-state index contributed by atoms with van der Waals surface area (Å²) in [5, 5.41) is 39.3. The molecule has 1 aromatic carbocycles. The fraction of sp³-hybridized carbons (Fsp3) is 0.826. The number of benzene rings is 1. The first-order chi connectivity index (χ1) is 29.0. The number of cyclic esters (lactones) is 1. The van der Waals surface area contributed by atoms with Gasteiger partial charge in [0.1, 0.15) is 35.6 Å². The van der Waals surface area contributed by atoms with Crippen molar-refractivity contribution in [3.05, 3.63) is 35.9 Å². The van der Waals surface area contributed by atoms with Gasteiger partial charge in [0, 0.05) is 25.5 Å². The molecule has 0 aromatic heterocycles. The van der Waals surface area contributed by atoms with Gasteiger partial charge in [0.15, 0.2) is 18.7 Å². The van der Waals surface area contributed by atoms with E-state index < -0.39 is 102 Å². The Morgan fingerprint density at radius 2 is 1.63 bits per heavy atom. The Bertz CT molecular complexity index is 1610. The Hall–Kier alpha value is -2.48. The predicted molar refractivity (Wildman–Crippen MR) is 228 cm³/mol.